The zero-order chi connectivity index (χ0) is 22.9. The number of likely N-dealkylation sites (tertiary alicyclic amines) is 1. The zero-order valence-corrected chi connectivity index (χ0v) is 19.1. The minimum atomic E-state index is -0.241. The Hall–Kier alpha value is -3.65. The van der Waals surface area contributed by atoms with Crippen LogP contribution in [0.3, 0.4) is 0 Å². The zero-order valence-electron chi connectivity index (χ0n) is 19.1. The molecular weight excluding hydrogens is 418 g/mol. The van der Waals surface area contributed by atoms with E-state index >= 15 is 0 Å². The van der Waals surface area contributed by atoms with Gasteiger partial charge in [0.25, 0.3) is 5.56 Å². The van der Waals surface area contributed by atoms with Crippen molar-refractivity contribution >= 4 is 28.2 Å². The van der Waals surface area contributed by atoms with Crippen LogP contribution in [0.2, 0.25) is 0 Å². The first-order valence-electron chi connectivity index (χ1n) is 11.1. The van der Waals surface area contributed by atoms with E-state index in [9.17, 15) is 4.79 Å². The number of benzene rings is 2. The lowest BCUT2D eigenvalue weighted by Crippen LogP contribution is -2.20. The minimum Gasteiger partial charge on any atom is -0.497 e. The molecule has 0 atom stereocenters. The van der Waals surface area contributed by atoms with Gasteiger partial charge in [0.05, 0.1) is 20.4 Å². The van der Waals surface area contributed by atoms with Gasteiger partial charge < -0.3 is 14.5 Å². The summed E-state index contributed by atoms with van der Waals surface area (Å²) in [6.45, 7) is 4.84. The van der Waals surface area contributed by atoms with Crippen molar-refractivity contribution in [2.24, 2.45) is 5.10 Å². The molecule has 0 bridgehead atoms. The molecule has 3 heterocycles. The summed E-state index contributed by atoms with van der Waals surface area (Å²) in [5.41, 5.74) is 3.65. The Balaban J connectivity index is 1.51. The van der Waals surface area contributed by atoms with Crippen molar-refractivity contribution in [1.82, 2.24) is 19.5 Å². The SMILES string of the molecule is COc1ccc2[nH]c3c(=O)n(N=Cc4ccc(OC)c(CN5CCCC5)c4)c(C)nc3c2c1. The minimum absolute atomic E-state index is 0.241. The summed E-state index contributed by atoms with van der Waals surface area (Å²) in [7, 11) is 3.31. The second kappa shape index (κ2) is 8.71. The van der Waals surface area contributed by atoms with Crippen LogP contribution in [0.4, 0.5) is 0 Å². The lowest BCUT2D eigenvalue weighted by atomic mass is 10.1. The Labute approximate surface area is 191 Å². The molecule has 0 amide bonds. The Morgan fingerprint density at radius 1 is 1.12 bits per heavy atom. The molecule has 0 spiro atoms. The average molecular weight is 446 g/mol. The first-order chi connectivity index (χ1) is 16.1. The van der Waals surface area contributed by atoms with Gasteiger partial charge in [-0.1, -0.05) is 0 Å². The molecule has 0 radical (unpaired) electrons. The van der Waals surface area contributed by atoms with E-state index in [1.54, 1.807) is 27.4 Å². The van der Waals surface area contributed by atoms with Gasteiger partial charge in [0.15, 0.2) is 0 Å². The fraction of sp³-hybridized carbons (Fsp3) is 0.320. The molecule has 1 saturated heterocycles. The molecule has 8 heteroatoms. The van der Waals surface area contributed by atoms with E-state index in [-0.39, 0.29) is 5.56 Å². The maximum absolute atomic E-state index is 13.2. The molecule has 0 unspecified atom stereocenters. The largest absolute Gasteiger partial charge is 0.497 e. The van der Waals surface area contributed by atoms with Crippen molar-refractivity contribution in [3.63, 3.8) is 0 Å². The predicted octanol–water partition coefficient (Wildman–Crippen LogP) is 3.68. The molecular formula is C25H27N5O3. The van der Waals surface area contributed by atoms with Crippen LogP contribution in [0.5, 0.6) is 11.5 Å². The summed E-state index contributed by atoms with van der Waals surface area (Å²) in [4.78, 5) is 23.5. The smallest absolute Gasteiger partial charge is 0.298 e. The monoisotopic (exact) mass is 445 g/mol. The Bertz CT molecular complexity index is 1410. The number of methoxy groups -OCH3 is 2. The summed E-state index contributed by atoms with van der Waals surface area (Å²) in [5.74, 6) is 2.09. The van der Waals surface area contributed by atoms with E-state index in [4.69, 9.17) is 9.47 Å². The lowest BCUT2D eigenvalue weighted by Gasteiger charge is -2.17. The van der Waals surface area contributed by atoms with Crippen molar-refractivity contribution in [3.05, 3.63) is 63.7 Å². The van der Waals surface area contributed by atoms with E-state index in [0.717, 1.165) is 47.4 Å². The number of hydrogen-bond acceptors (Lipinski definition) is 6. The molecule has 4 aromatic rings. The van der Waals surface area contributed by atoms with Crippen molar-refractivity contribution in [2.45, 2.75) is 26.3 Å². The summed E-state index contributed by atoms with van der Waals surface area (Å²) >= 11 is 0. The summed E-state index contributed by atoms with van der Waals surface area (Å²) in [6, 6.07) is 11.6. The van der Waals surface area contributed by atoms with Crippen LogP contribution in [0.1, 0.15) is 29.8 Å². The highest BCUT2D eigenvalue weighted by atomic mass is 16.5. The van der Waals surface area contributed by atoms with Gasteiger partial charge in [0, 0.05) is 23.0 Å². The standard InChI is InChI=1S/C25H27N5O3/c1-16-27-23-20-13-19(32-2)7-8-21(20)28-24(23)25(31)30(16)26-14-17-6-9-22(33-3)18(12-17)15-29-10-4-5-11-29/h6-9,12-14,28H,4-5,10-11,15H2,1-3H3. The van der Waals surface area contributed by atoms with Gasteiger partial charge in [-0.25, -0.2) is 4.98 Å². The molecule has 1 N–H and O–H groups in total. The Morgan fingerprint density at radius 2 is 1.94 bits per heavy atom. The summed E-state index contributed by atoms with van der Waals surface area (Å²) in [6.07, 6.45) is 4.17. The fourth-order valence-electron chi connectivity index (χ4n) is 4.46. The topological polar surface area (TPSA) is 84.7 Å². The fourth-order valence-corrected chi connectivity index (χ4v) is 4.46. The van der Waals surface area contributed by atoms with Gasteiger partial charge in [0.1, 0.15) is 28.4 Å². The number of aromatic amines is 1. The van der Waals surface area contributed by atoms with Gasteiger partial charge >= 0.3 is 0 Å². The summed E-state index contributed by atoms with van der Waals surface area (Å²) < 4.78 is 12.2. The number of hydrogen-bond donors (Lipinski definition) is 1. The summed E-state index contributed by atoms with van der Waals surface area (Å²) in [5, 5.41) is 5.32. The highest BCUT2D eigenvalue weighted by Crippen LogP contribution is 2.26. The first kappa shape index (κ1) is 21.2. The highest BCUT2D eigenvalue weighted by molar-refractivity contribution is 6.05. The molecule has 1 fully saturated rings. The molecule has 170 valence electrons. The third-order valence-corrected chi connectivity index (χ3v) is 6.18. The number of aromatic nitrogens is 3. The van der Waals surface area contributed by atoms with Crippen LogP contribution in [-0.4, -0.2) is 53.1 Å². The van der Waals surface area contributed by atoms with Crippen LogP contribution in [0.25, 0.3) is 21.9 Å². The van der Waals surface area contributed by atoms with E-state index < -0.39 is 0 Å². The molecule has 1 aliphatic rings. The molecule has 5 rings (SSSR count). The van der Waals surface area contributed by atoms with Crippen LogP contribution < -0.4 is 15.0 Å². The Kier molecular flexibility index (Phi) is 5.60. The third-order valence-electron chi connectivity index (χ3n) is 6.18. The van der Waals surface area contributed by atoms with Crippen molar-refractivity contribution in [2.75, 3.05) is 27.3 Å². The van der Waals surface area contributed by atoms with Crippen LogP contribution in [-0.2, 0) is 6.54 Å². The second-order valence-electron chi connectivity index (χ2n) is 8.34. The average Bonchev–Trinajstić information content (AvgIpc) is 3.46. The van der Waals surface area contributed by atoms with Crippen LogP contribution in [0.15, 0.2) is 46.3 Å². The number of H-pyrrole nitrogens is 1. The maximum atomic E-state index is 13.2. The van der Waals surface area contributed by atoms with E-state index in [0.29, 0.717) is 22.6 Å². The van der Waals surface area contributed by atoms with Crippen molar-refractivity contribution in [1.29, 1.82) is 0 Å². The molecule has 0 saturated carbocycles. The molecule has 8 nitrogen and oxygen atoms in total. The van der Waals surface area contributed by atoms with Gasteiger partial charge in [0.2, 0.25) is 0 Å². The molecule has 1 aliphatic heterocycles. The number of fused-ring (bicyclic) bond motifs is 3. The van der Waals surface area contributed by atoms with Gasteiger partial charge in [-0.3, -0.25) is 9.69 Å². The van der Waals surface area contributed by atoms with Gasteiger partial charge in [-0.15, -0.1) is 0 Å². The van der Waals surface area contributed by atoms with Crippen LogP contribution >= 0.6 is 0 Å². The van der Waals surface area contributed by atoms with E-state index in [2.05, 4.69) is 26.0 Å². The first-order valence-corrected chi connectivity index (χ1v) is 11.1. The van der Waals surface area contributed by atoms with E-state index in [1.165, 1.54) is 17.5 Å². The quantitative estimate of drug-likeness (QED) is 0.458. The number of nitrogens with zero attached hydrogens (tertiary/aromatic N) is 4. The molecule has 2 aromatic carbocycles. The maximum Gasteiger partial charge on any atom is 0.298 e. The predicted molar refractivity (Wildman–Crippen MR) is 130 cm³/mol. The second-order valence-corrected chi connectivity index (χ2v) is 8.34. The molecule has 2 aromatic heterocycles. The number of aryl methyl sites for hydroxylation is 1. The van der Waals surface area contributed by atoms with Gasteiger partial charge in [-0.2, -0.15) is 9.78 Å². The number of nitrogens with one attached hydrogen (secondary N) is 1. The Morgan fingerprint density at radius 3 is 2.70 bits per heavy atom. The normalized spacial score (nSPS) is 14.6. The van der Waals surface area contributed by atoms with Crippen LogP contribution in [0, 0.1) is 6.92 Å². The van der Waals surface area contributed by atoms with Crippen molar-refractivity contribution in [3.8, 4) is 11.5 Å². The number of ether oxygens (including phenoxy) is 2. The highest BCUT2D eigenvalue weighted by Gasteiger charge is 2.16. The molecule has 33 heavy (non-hydrogen) atoms. The van der Waals surface area contributed by atoms with Crippen molar-refractivity contribution < 1.29 is 9.47 Å². The van der Waals surface area contributed by atoms with Gasteiger partial charge in [-0.05, 0) is 74.8 Å². The molecule has 0 aliphatic carbocycles. The van der Waals surface area contributed by atoms with E-state index in [1.807, 2.05) is 30.3 Å². The third kappa shape index (κ3) is 3.98. The number of rotatable bonds is 6. The lowest BCUT2D eigenvalue weighted by molar-refractivity contribution is 0.321.